The Labute approximate surface area is 87.3 Å². The lowest BCUT2D eigenvalue weighted by Crippen LogP contribution is -2.42. The molecule has 0 heterocycles. The molecule has 0 bridgehead atoms. The first kappa shape index (κ1) is 12.0. The third-order valence-electron chi connectivity index (χ3n) is 3.13. The van der Waals surface area contributed by atoms with Crippen LogP contribution in [0, 0.1) is 0 Å². The van der Waals surface area contributed by atoms with Crippen LogP contribution in [0.1, 0.15) is 38.5 Å². The lowest BCUT2D eigenvalue weighted by Gasteiger charge is -2.37. The van der Waals surface area contributed by atoms with Crippen LogP contribution in [0.5, 0.6) is 0 Å². The van der Waals surface area contributed by atoms with Crippen molar-refractivity contribution in [3.8, 4) is 0 Å². The number of aliphatic hydroxyl groups is 1. The molecule has 3 heteroatoms. The molecule has 0 saturated heterocycles. The molecule has 0 radical (unpaired) electrons. The summed E-state index contributed by atoms with van der Waals surface area (Å²) in [5, 5.41) is 8.95. The Hall–Kier alpha value is -0.120. The van der Waals surface area contributed by atoms with Crippen LogP contribution in [-0.4, -0.2) is 42.3 Å². The standard InChI is InChI=1S/C11H24N2O/c12-7-2-1-3-8-13(9-10-14)11-5-4-6-11/h11,14H,1-10,12H2. The average Bonchev–Trinajstić information content (AvgIpc) is 2.10. The molecule has 0 aromatic rings. The van der Waals surface area contributed by atoms with Gasteiger partial charge in [0.2, 0.25) is 0 Å². The van der Waals surface area contributed by atoms with E-state index in [0.29, 0.717) is 6.61 Å². The largest absolute Gasteiger partial charge is 0.395 e. The van der Waals surface area contributed by atoms with E-state index < -0.39 is 0 Å². The summed E-state index contributed by atoms with van der Waals surface area (Å²) in [5.74, 6) is 0. The first-order chi connectivity index (χ1) is 6.88. The van der Waals surface area contributed by atoms with Gasteiger partial charge in [0.05, 0.1) is 6.61 Å². The first-order valence-electron chi connectivity index (χ1n) is 5.93. The molecule has 3 N–H and O–H groups in total. The molecule has 3 nitrogen and oxygen atoms in total. The Kier molecular flexibility index (Phi) is 6.15. The van der Waals surface area contributed by atoms with E-state index in [1.165, 1.54) is 32.1 Å². The minimum absolute atomic E-state index is 0.299. The molecule has 1 saturated carbocycles. The van der Waals surface area contributed by atoms with Crippen molar-refractivity contribution < 1.29 is 5.11 Å². The van der Waals surface area contributed by atoms with Crippen LogP contribution in [0.25, 0.3) is 0 Å². The van der Waals surface area contributed by atoms with Crippen LogP contribution in [-0.2, 0) is 0 Å². The summed E-state index contributed by atoms with van der Waals surface area (Å²) in [4.78, 5) is 2.44. The summed E-state index contributed by atoms with van der Waals surface area (Å²) < 4.78 is 0. The third kappa shape index (κ3) is 3.95. The summed E-state index contributed by atoms with van der Waals surface area (Å²) in [6.07, 6.45) is 7.62. The van der Waals surface area contributed by atoms with Crippen molar-refractivity contribution in [2.75, 3.05) is 26.2 Å². The number of hydrogen-bond acceptors (Lipinski definition) is 3. The van der Waals surface area contributed by atoms with Crippen LogP contribution >= 0.6 is 0 Å². The number of aliphatic hydroxyl groups excluding tert-OH is 1. The molecular weight excluding hydrogens is 176 g/mol. The van der Waals surface area contributed by atoms with E-state index in [0.717, 1.165) is 32.1 Å². The van der Waals surface area contributed by atoms with E-state index >= 15 is 0 Å². The van der Waals surface area contributed by atoms with E-state index in [-0.39, 0.29) is 0 Å². The molecule has 0 aliphatic heterocycles. The SMILES string of the molecule is NCCCCCN(CCO)C1CCC1. The van der Waals surface area contributed by atoms with Crippen molar-refractivity contribution in [3.05, 3.63) is 0 Å². The number of rotatable bonds is 8. The maximum Gasteiger partial charge on any atom is 0.0558 e. The van der Waals surface area contributed by atoms with Gasteiger partial charge in [0.15, 0.2) is 0 Å². The molecule has 14 heavy (non-hydrogen) atoms. The minimum atomic E-state index is 0.299. The van der Waals surface area contributed by atoms with Gasteiger partial charge in [-0.3, -0.25) is 4.90 Å². The molecule has 1 rings (SSSR count). The van der Waals surface area contributed by atoms with Gasteiger partial charge in [-0.05, 0) is 38.8 Å². The summed E-state index contributed by atoms with van der Waals surface area (Å²) >= 11 is 0. The monoisotopic (exact) mass is 200 g/mol. The van der Waals surface area contributed by atoms with Crippen molar-refractivity contribution >= 4 is 0 Å². The highest BCUT2D eigenvalue weighted by Gasteiger charge is 2.23. The Balaban J connectivity index is 2.08. The quantitative estimate of drug-likeness (QED) is 0.574. The second-order valence-corrected chi connectivity index (χ2v) is 4.19. The average molecular weight is 200 g/mol. The molecule has 0 unspecified atom stereocenters. The summed E-state index contributed by atoms with van der Waals surface area (Å²) in [7, 11) is 0. The van der Waals surface area contributed by atoms with Gasteiger partial charge in [-0.25, -0.2) is 0 Å². The van der Waals surface area contributed by atoms with Crippen LogP contribution < -0.4 is 5.73 Å². The predicted molar refractivity (Wildman–Crippen MR) is 59.2 cm³/mol. The Morgan fingerprint density at radius 1 is 1.14 bits per heavy atom. The summed E-state index contributed by atoms with van der Waals surface area (Å²) in [5.41, 5.74) is 5.45. The maximum absolute atomic E-state index is 8.95. The van der Waals surface area contributed by atoms with Crippen molar-refractivity contribution in [2.24, 2.45) is 5.73 Å². The first-order valence-corrected chi connectivity index (χ1v) is 5.93. The molecule has 0 amide bonds. The fraction of sp³-hybridized carbons (Fsp3) is 1.00. The zero-order valence-electron chi connectivity index (χ0n) is 9.12. The van der Waals surface area contributed by atoms with Gasteiger partial charge >= 0.3 is 0 Å². The van der Waals surface area contributed by atoms with Crippen molar-refractivity contribution in [1.82, 2.24) is 4.90 Å². The van der Waals surface area contributed by atoms with Crippen molar-refractivity contribution in [2.45, 2.75) is 44.6 Å². The lowest BCUT2D eigenvalue weighted by atomic mass is 9.91. The molecule has 0 aromatic carbocycles. The third-order valence-corrected chi connectivity index (χ3v) is 3.13. The predicted octanol–water partition coefficient (Wildman–Crippen LogP) is 0.962. The molecule has 0 atom stereocenters. The Bertz CT molecular complexity index is 137. The number of hydrogen-bond donors (Lipinski definition) is 2. The summed E-state index contributed by atoms with van der Waals surface area (Å²) in [6, 6.07) is 0.764. The molecule has 1 aliphatic rings. The van der Waals surface area contributed by atoms with Gasteiger partial charge in [-0.2, -0.15) is 0 Å². The Morgan fingerprint density at radius 3 is 2.43 bits per heavy atom. The molecule has 84 valence electrons. The molecule has 0 aromatic heterocycles. The van der Waals surface area contributed by atoms with E-state index in [1.807, 2.05) is 0 Å². The van der Waals surface area contributed by atoms with Gasteiger partial charge in [0.25, 0.3) is 0 Å². The second kappa shape index (κ2) is 7.21. The van der Waals surface area contributed by atoms with E-state index in [1.54, 1.807) is 0 Å². The molecule has 1 aliphatic carbocycles. The highest BCUT2D eigenvalue weighted by molar-refractivity contribution is 4.79. The maximum atomic E-state index is 8.95. The molecular formula is C11H24N2O. The van der Waals surface area contributed by atoms with Crippen LogP contribution in [0.4, 0.5) is 0 Å². The van der Waals surface area contributed by atoms with Crippen LogP contribution in [0.3, 0.4) is 0 Å². The number of nitrogens with zero attached hydrogens (tertiary/aromatic N) is 1. The summed E-state index contributed by atoms with van der Waals surface area (Å²) in [6.45, 7) is 3.11. The van der Waals surface area contributed by atoms with Crippen molar-refractivity contribution in [1.29, 1.82) is 0 Å². The smallest absolute Gasteiger partial charge is 0.0558 e. The fourth-order valence-corrected chi connectivity index (χ4v) is 1.99. The molecule has 0 spiro atoms. The van der Waals surface area contributed by atoms with Crippen molar-refractivity contribution in [3.63, 3.8) is 0 Å². The Morgan fingerprint density at radius 2 is 1.93 bits per heavy atom. The van der Waals surface area contributed by atoms with Gasteiger partial charge in [-0.15, -0.1) is 0 Å². The second-order valence-electron chi connectivity index (χ2n) is 4.19. The van der Waals surface area contributed by atoms with E-state index in [2.05, 4.69) is 4.90 Å². The fourth-order valence-electron chi connectivity index (χ4n) is 1.99. The van der Waals surface area contributed by atoms with E-state index in [9.17, 15) is 0 Å². The van der Waals surface area contributed by atoms with Crippen LogP contribution in [0.15, 0.2) is 0 Å². The zero-order valence-corrected chi connectivity index (χ0v) is 9.12. The topological polar surface area (TPSA) is 49.5 Å². The minimum Gasteiger partial charge on any atom is -0.395 e. The van der Waals surface area contributed by atoms with E-state index in [4.69, 9.17) is 10.8 Å². The highest BCUT2D eigenvalue weighted by Crippen LogP contribution is 2.24. The number of unbranched alkanes of at least 4 members (excludes halogenated alkanes) is 2. The lowest BCUT2D eigenvalue weighted by molar-refractivity contribution is 0.0995. The van der Waals surface area contributed by atoms with Gasteiger partial charge < -0.3 is 10.8 Å². The van der Waals surface area contributed by atoms with Gasteiger partial charge in [0.1, 0.15) is 0 Å². The van der Waals surface area contributed by atoms with Crippen LogP contribution in [0.2, 0.25) is 0 Å². The highest BCUT2D eigenvalue weighted by atomic mass is 16.3. The van der Waals surface area contributed by atoms with Gasteiger partial charge in [0, 0.05) is 12.6 Å². The zero-order chi connectivity index (χ0) is 10.2. The van der Waals surface area contributed by atoms with Gasteiger partial charge in [-0.1, -0.05) is 12.8 Å². The normalized spacial score (nSPS) is 17.4. The number of nitrogens with two attached hydrogens (primary N) is 1. The molecule has 1 fully saturated rings.